The molecule has 0 heterocycles. The third-order valence-corrected chi connectivity index (χ3v) is 3.45. The van der Waals surface area contributed by atoms with E-state index in [4.69, 9.17) is 4.79 Å². The summed E-state index contributed by atoms with van der Waals surface area (Å²) in [7, 11) is 2.07. The first-order chi connectivity index (χ1) is 11.1. The molecule has 23 heavy (non-hydrogen) atoms. The van der Waals surface area contributed by atoms with Crippen molar-refractivity contribution >= 4 is 24.1 Å². The van der Waals surface area contributed by atoms with E-state index in [0.717, 1.165) is 40.9 Å². The first-order valence-electron chi connectivity index (χ1n) is 7.50. The second kappa shape index (κ2) is 11.0. The van der Waals surface area contributed by atoms with E-state index in [-0.39, 0.29) is 0 Å². The Balaban J connectivity index is 0.00000232. The molecule has 0 saturated heterocycles. The maximum atomic E-state index is 8.00. The van der Waals surface area contributed by atoms with Crippen LogP contribution in [0.2, 0.25) is 0 Å². The summed E-state index contributed by atoms with van der Waals surface area (Å²) in [4.78, 5) is 10.2. The lowest BCUT2D eigenvalue weighted by molar-refractivity contribution is -0.0979. The van der Waals surface area contributed by atoms with Gasteiger partial charge < -0.3 is 9.69 Å². The first-order valence-corrected chi connectivity index (χ1v) is 7.50. The molecule has 0 aliphatic heterocycles. The van der Waals surface area contributed by atoms with E-state index in [1.807, 2.05) is 25.0 Å². The molecule has 0 N–H and O–H groups in total. The van der Waals surface area contributed by atoms with Crippen molar-refractivity contribution in [2.24, 2.45) is 0 Å². The van der Waals surface area contributed by atoms with Crippen LogP contribution in [0.15, 0.2) is 62.7 Å². The third kappa shape index (κ3) is 5.59. The van der Waals surface area contributed by atoms with Crippen molar-refractivity contribution in [2.75, 3.05) is 13.6 Å². The Morgan fingerprint density at radius 1 is 1.22 bits per heavy atom. The van der Waals surface area contributed by atoms with Gasteiger partial charge in [-0.3, -0.25) is 0 Å². The fourth-order valence-electron chi connectivity index (χ4n) is 2.26. The van der Waals surface area contributed by atoms with Gasteiger partial charge in [0.1, 0.15) is 6.79 Å². The highest BCUT2D eigenvalue weighted by Crippen LogP contribution is 2.26. The second-order valence-corrected chi connectivity index (χ2v) is 4.94. The summed E-state index contributed by atoms with van der Waals surface area (Å²) in [6.45, 7) is 20.9. The van der Waals surface area contributed by atoms with Crippen molar-refractivity contribution in [3.8, 4) is 0 Å². The van der Waals surface area contributed by atoms with Crippen LogP contribution < -0.4 is 0 Å². The number of carbonyl (C=O) groups is 1. The molecule has 0 amide bonds. The van der Waals surface area contributed by atoms with Gasteiger partial charge in [0.15, 0.2) is 0 Å². The maximum Gasteiger partial charge on any atom is 0.106 e. The molecule has 0 aromatic heterocycles. The normalized spacial score (nSPS) is 10.1. The van der Waals surface area contributed by atoms with Crippen LogP contribution in [-0.2, 0) is 4.79 Å². The lowest BCUT2D eigenvalue weighted by atomic mass is 9.97. The predicted octanol–water partition coefficient (Wildman–Crippen LogP) is 5.21. The summed E-state index contributed by atoms with van der Waals surface area (Å²) < 4.78 is 0. The Kier molecular flexibility index (Phi) is 9.77. The Morgan fingerprint density at radius 2 is 1.87 bits per heavy atom. The molecule has 0 aliphatic rings. The molecule has 0 aliphatic carbocycles. The number of hydrogen-bond donors (Lipinski definition) is 0. The van der Waals surface area contributed by atoms with Crippen LogP contribution in [0.4, 0.5) is 0 Å². The predicted molar refractivity (Wildman–Crippen MR) is 104 cm³/mol. The third-order valence-electron chi connectivity index (χ3n) is 3.45. The van der Waals surface area contributed by atoms with E-state index in [9.17, 15) is 0 Å². The van der Waals surface area contributed by atoms with Crippen LogP contribution in [-0.4, -0.2) is 25.3 Å². The molecule has 0 saturated carbocycles. The van der Waals surface area contributed by atoms with Crippen molar-refractivity contribution in [3.63, 3.8) is 0 Å². The number of hydrogen-bond acceptors (Lipinski definition) is 2. The fraction of sp³-hybridized carbons (Fsp3) is 0.190. The van der Waals surface area contributed by atoms with Gasteiger partial charge in [0.2, 0.25) is 0 Å². The zero-order valence-corrected chi connectivity index (χ0v) is 14.3. The van der Waals surface area contributed by atoms with Crippen molar-refractivity contribution in [1.82, 2.24) is 4.90 Å². The van der Waals surface area contributed by atoms with Gasteiger partial charge in [0, 0.05) is 24.9 Å². The molecule has 1 aromatic rings. The SMILES string of the molecule is C=C/C=C(\C=C)c1ccc(C(=C)N(C)CCC)c(C=C)c1.C=O. The monoisotopic (exact) mass is 309 g/mol. The first kappa shape index (κ1) is 20.4. The molecule has 0 spiro atoms. The van der Waals surface area contributed by atoms with Crippen LogP contribution in [0.1, 0.15) is 30.0 Å². The number of nitrogens with zero attached hydrogens (tertiary/aromatic N) is 1. The molecule has 0 radical (unpaired) electrons. The standard InChI is InChI=1S/C20H25N.CH2O/c1-7-11-17(9-3)19-12-13-20(18(10-4)15-19)16(5)21(6)14-8-2;1-2/h7,9-13,15H,1,3-5,8,14H2,2,6H3;1H2/b17-11+;. The number of allylic oxidation sites excluding steroid dienone is 4. The second-order valence-electron chi connectivity index (χ2n) is 4.94. The van der Waals surface area contributed by atoms with Gasteiger partial charge >= 0.3 is 0 Å². The van der Waals surface area contributed by atoms with Crippen LogP contribution >= 0.6 is 0 Å². The van der Waals surface area contributed by atoms with E-state index < -0.39 is 0 Å². The van der Waals surface area contributed by atoms with Crippen molar-refractivity contribution in [2.45, 2.75) is 13.3 Å². The minimum Gasteiger partial charge on any atom is -0.375 e. The average Bonchev–Trinajstić information content (AvgIpc) is 2.60. The Hall–Kier alpha value is -2.61. The minimum absolute atomic E-state index is 0.992. The maximum absolute atomic E-state index is 8.00. The van der Waals surface area contributed by atoms with Gasteiger partial charge in [-0.1, -0.05) is 69.7 Å². The van der Waals surface area contributed by atoms with E-state index in [1.54, 1.807) is 6.08 Å². The average molecular weight is 309 g/mol. The van der Waals surface area contributed by atoms with Crippen LogP contribution in [0.25, 0.3) is 17.3 Å². The van der Waals surface area contributed by atoms with Gasteiger partial charge in [-0.25, -0.2) is 0 Å². The summed E-state index contributed by atoms with van der Waals surface area (Å²) in [6, 6.07) is 6.30. The van der Waals surface area contributed by atoms with Gasteiger partial charge in [0.25, 0.3) is 0 Å². The highest BCUT2D eigenvalue weighted by atomic mass is 16.1. The highest BCUT2D eigenvalue weighted by molar-refractivity contribution is 5.79. The molecular weight excluding hydrogens is 282 g/mol. The summed E-state index contributed by atoms with van der Waals surface area (Å²) in [6.07, 6.45) is 8.53. The summed E-state index contributed by atoms with van der Waals surface area (Å²) >= 11 is 0. The molecule has 2 nitrogen and oxygen atoms in total. The summed E-state index contributed by atoms with van der Waals surface area (Å²) in [5.41, 5.74) is 5.37. The van der Waals surface area contributed by atoms with Crippen LogP contribution in [0, 0.1) is 0 Å². The van der Waals surface area contributed by atoms with Gasteiger partial charge in [0.05, 0.1) is 0 Å². The fourth-order valence-corrected chi connectivity index (χ4v) is 2.26. The molecule has 0 bridgehead atoms. The Labute approximate surface area is 140 Å². The Morgan fingerprint density at radius 3 is 2.35 bits per heavy atom. The van der Waals surface area contributed by atoms with Gasteiger partial charge in [-0.2, -0.15) is 0 Å². The zero-order chi connectivity index (χ0) is 17.8. The molecule has 0 fully saturated rings. The smallest absolute Gasteiger partial charge is 0.106 e. The number of benzene rings is 1. The van der Waals surface area contributed by atoms with E-state index in [2.05, 4.69) is 63.4 Å². The summed E-state index contributed by atoms with van der Waals surface area (Å²) in [5, 5.41) is 0. The van der Waals surface area contributed by atoms with E-state index >= 15 is 0 Å². The van der Waals surface area contributed by atoms with Crippen LogP contribution in [0.3, 0.4) is 0 Å². The largest absolute Gasteiger partial charge is 0.375 e. The Bertz CT molecular complexity index is 596. The van der Waals surface area contributed by atoms with E-state index in [1.165, 1.54) is 0 Å². The lowest BCUT2D eigenvalue weighted by Gasteiger charge is -2.23. The molecule has 1 rings (SSSR count). The van der Waals surface area contributed by atoms with Crippen molar-refractivity contribution < 1.29 is 4.79 Å². The molecule has 0 atom stereocenters. The summed E-state index contributed by atoms with van der Waals surface area (Å²) in [5.74, 6) is 0. The van der Waals surface area contributed by atoms with Crippen LogP contribution in [0.5, 0.6) is 0 Å². The quantitative estimate of drug-likeness (QED) is 0.614. The van der Waals surface area contributed by atoms with Crippen molar-refractivity contribution in [1.29, 1.82) is 0 Å². The van der Waals surface area contributed by atoms with E-state index in [0.29, 0.717) is 0 Å². The lowest BCUT2D eigenvalue weighted by Crippen LogP contribution is -2.17. The van der Waals surface area contributed by atoms with Gasteiger partial charge in [-0.05, 0) is 29.2 Å². The molecule has 122 valence electrons. The molecule has 0 unspecified atom stereocenters. The van der Waals surface area contributed by atoms with Gasteiger partial charge in [-0.15, -0.1) is 0 Å². The zero-order valence-electron chi connectivity index (χ0n) is 14.3. The highest BCUT2D eigenvalue weighted by Gasteiger charge is 2.09. The number of rotatable bonds is 8. The topological polar surface area (TPSA) is 20.3 Å². The minimum atomic E-state index is 0.992. The molecule has 2 heteroatoms. The van der Waals surface area contributed by atoms with Crippen molar-refractivity contribution in [3.05, 3.63) is 79.4 Å². The molecule has 1 aromatic carbocycles. The molecular formula is C21H27NO. The number of carbonyl (C=O) groups excluding carboxylic acids is 1.